The van der Waals surface area contributed by atoms with Crippen molar-refractivity contribution in [1.82, 2.24) is 10.2 Å². The molecule has 1 N–H and O–H groups in total. The number of carbonyl (C=O) groups is 1. The van der Waals surface area contributed by atoms with Crippen LogP contribution in [0, 0.1) is 5.92 Å². The van der Waals surface area contributed by atoms with Crippen molar-refractivity contribution in [3.8, 4) is 0 Å². The Kier molecular flexibility index (Phi) is 3.45. The van der Waals surface area contributed by atoms with E-state index in [1.54, 1.807) is 4.90 Å². The maximum Gasteiger partial charge on any atom is 0.236 e. The van der Waals surface area contributed by atoms with Gasteiger partial charge in [-0.2, -0.15) is 0 Å². The van der Waals surface area contributed by atoms with E-state index in [4.69, 9.17) is 0 Å². The number of hydrogen-bond acceptors (Lipinski definition) is 4. The molecule has 1 amide bonds. The first-order valence-electron chi connectivity index (χ1n) is 6.12. The molecule has 2 rings (SSSR count). The van der Waals surface area contributed by atoms with E-state index in [0.717, 1.165) is 6.42 Å². The first-order chi connectivity index (χ1) is 7.89. The van der Waals surface area contributed by atoms with Gasteiger partial charge < -0.3 is 10.2 Å². The molecule has 0 aliphatic carbocycles. The molecule has 2 heterocycles. The van der Waals surface area contributed by atoms with Crippen molar-refractivity contribution in [3.63, 3.8) is 0 Å². The Bertz CT molecular complexity index is 405. The van der Waals surface area contributed by atoms with E-state index in [9.17, 15) is 13.2 Å². The van der Waals surface area contributed by atoms with Crippen LogP contribution in [0.1, 0.15) is 20.3 Å². The number of piperazine rings is 1. The summed E-state index contributed by atoms with van der Waals surface area (Å²) in [5.74, 6) is 0.843. The largest absolute Gasteiger partial charge is 0.336 e. The van der Waals surface area contributed by atoms with Gasteiger partial charge in [0.2, 0.25) is 5.91 Å². The fourth-order valence-electron chi connectivity index (χ4n) is 2.52. The number of sulfone groups is 1. The minimum absolute atomic E-state index is 0.0315. The third-order valence-corrected chi connectivity index (χ3v) is 5.22. The average molecular weight is 260 g/mol. The first-order valence-corrected chi connectivity index (χ1v) is 7.94. The average Bonchev–Trinajstić information content (AvgIpc) is 2.51. The smallest absolute Gasteiger partial charge is 0.236 e. The number of rotatable bonds is 3. The Balaban J connectivity index is 2.09. The van der Waals surface area contributed by atoms with Gasteiger partial charge in [-0.05, 0) is 12.3 Å². The van der Waals surface area contributed by atoms with Gasteiger partial charge in [0, 0.05) is 12.6 Å². The predicted octanol–water partition coefficient (Wildman–Crippen LogP) is -0.370. The fourth-order valence-corrected chi connectivity index (χ4v) is 4.48. The van der Waals surface area contributed by atoms with Crippen LogP contribution in [0.4, 0.5) is 0 Å². The van der Waals surface area contributed by atoms with Gasteiger partial charge >= 0.3 is 0 Å². The van der Waals surface area contributed by atoms with E-state index in [2.05, 4.69) is 19.2 Å². The van der Waals surface area contributed by atoms with Crippen LogP contribution in [0.2, 0.25) is 0 Å². The zero-order valence-corrected chi connectivity index (χ0v) is 11.2. The predicted molar refractivity (Wildman–Crippen MR) is 65.4 cm³/mol. The molecule has 0 radical (unpaired) electrons. The number of nitrogens with zero attached hydrogens (tertiary/aromatic N) is 1. The van der Waals surface area contributed by atoms with E-state index in [1.807, 2.05) is 0 Å². The Morgan fingerprint density at radius 3 is 2.76 bits per heavy atom. The molecule has 2 aliphatic heterocycles. The van der Waals surface area contributed by atoms with E-state index >= 15 is 0 Å². The third kappa shape index (κ3) is 2.80. The van der Waals surface area contributed by atoms with Gasteiger partial charge in [0.1, 0.15) is 0 Å². The van der Waals surface area contributed by atoms with Crippen LogP contribution in [0.5, 0.6) is 0 Å². The van der Waals surface area contributed by atoms with E-state index < -0.39 is 9.84 Å². The maximum absolute atomic E-state index is 11.8. The molecular weight excluding hydrogens is 240 g/mol. The van der Waals surface area contributed by atoms with Gasteiger partial charge in [-0.15, -0.1) is 0 Å². The van der Waals surface area contributed by atoms with Gasteiger partial charge in [-0.25, -0.2) is 8.42 Å². The van der Waals surface area contributed by atoms with Crippen molar-refractivity contribution in [3.05, 3.63) is 0 Å². The first kappa shape index (κ1) is 12.8. The highest BCUT2D eigenvalue weighted by Crippen LogP contribution is 2.22. The van der Waals surface area contributed by atoms with Crippen LogP contribution in [-0.4, -0.2) is 55.9 Å². The maximum atomic E-state index is 11.8. The van der Waals surface area contributed by atoms with Gasteiger partial charge in [0.05, 0.1) is 24.1 Å². The van der Waals surface area contributed by atoms with Gasteiger partial charge in [0.15, 0.2) is 9.84 Å². The second-order valence-electron chi connectivity index (χ2n) is 5.40. The van der Waals surface area contributed by atoms with Crippen LogP contribution in [0.3, 0.4) is 0 Å². The number of fused-ring (bicyclic) bond motifs is 1. The molecular formula is C11H20N2O3S. The molecule has 17 heavy (non-hydrogen) atoms. The van der Waals surface area contributed by atoms with Crippen molar-refractivity contribution in [2.75, 3.05) is 24.6 Å². The standard InChI is InChI=1S/C11H20N2O3S/c1-8(2)3-4-13-10-7-17(15,16)6-9(10)12-5-11(13)14/h8-10,12H,3-7H2,1-2H3. The quantitative estimate of drug-likeness (QED) is 0.752. The molecule has 0 spiro atoms. The summed E-state index contributed by atoms with van der Waals surface area (Å²) in [4.78, 5) is 13.6. The molecule has 0 aromatic carbocycles. The molecule has 2 fully saturated rings. The van der Waals surface area contributed by atoms with Crippen LogP contribution in [0.15, 0.2) is 0 Å². The summed E-state index contributed by atoms with van der Waals surface area (Å²) in [6, 6.07) is -0.218. The highest BCUT2D eigenvalue weighted by atomic mass is 32.2. The number of nitrogens with one attached hydrogen (secondary N) is 1. The molecule has 5 nitrogen and oxygen atoms in total. The SMILES string of the molecule is CC(C)CCN1C(=O)CNC2CS(=O)(=O)CC21. The van der Waals surface area contributed by atoms with Crippen molar-refractivity contribution >= 4 is 15.7 Å². The fraction of sp³-hybridized carbons (Fsp3) is 0.909. The topological polar surface area (TPSA) is 66.5 Å². The van der Waals surface area contributed by atoms with Crippen LogP contribution in [0.25, 0.3) is 0 Å². The lowest BCUT2D eigenvalue weighted by molar-refractivity contribution is -0.135. The summed E-state index contributed by atoms with van der Waals surface area (Å²) in [5, 5.41) is 3.03. The van der Waals surface area contributed by atoms with Crippen molar-refractivity contribution in [2.24, 2.45) is 5.92 Å². The van der Waals surface area contributed by atoms with Crippen LogP contribution in [-0.2, 0) is 14.6 Å². The van der Waals surface area contributed by atoms with E-state index in [-0.39, 0.29) is 36.0 Å². The molecule has 0 saturated carbocycles. The summed E-state index contributed by atoms with van der Waals surface area (Å²) < 4.78 is 23.2. The highest BCUT2D eigenvalue weighted by molar-refractivity contribution is 7.91. The lowest BCUT2D eigenvalue weighted by Crippen LogP contribution is -2.60. The molecule has 0 aromatic heterocycles. The second-order valence-corrected chi connectivity index (χ2v) is 7.56. The molecule has 0 bridgehead atoms. The number of carbonyl (C=O) groups excluding carboxylic acids is 1. The summed E-state index contributed by atoms with van der Waals surface area (Å²) in [7, 11) is -2.98. The zero-order valence-electron chi connectivity index (χ0n) is 10.3. The molecule has 98 valence electrons. The van der Waals surface area contributed by atoms with Gasteiger partial charge in [0.25, 0.3) is 0 Å². The van der Waals surface area contributed by atoms with Crippen molar-refractivity contribution in [1.29, 1.82) is 0 Å². The normalized spacial score (nSPS) is 31.9. The van der Waals surface area contributed by atoms with Crippen LogP contribution >= 0.6 is 0 Å². The lowest BCUT2D eigenvalue weighted by Gasteiger charge is -2.37. The van der Waals surface area contributed by atoms with Gasteiger partial charge in [-0.1, -0.05) is 13.8 Å². The number of hydrogen-bond donors (Lipinski definition) is 1. The Hall–Kier alpha value is -0.620. The number of amides is 1. The zero-order chi connectivity index (χ0) is 12.6. The minimum Gasteiger partial charge on any atom is -0.336 e. The van der Waals surface area contributed by atoms with Crippen molar-refractivity contribution in [2.45, 2.75) is 32.4 Å². The monoisotopic (exact) mass is 260 g/mol. The lowest BCUT2D eigenvalue weighted by atomic mass is 10.0. The van der Waals surface area contributed by atoms with Crippen LogP contribution < -0.4 is 5.32 Å². The summed E-state index contributed by atoms with van der Waals surface area (Å²) in [5.41, 5.74) is 0. The third-order valence-electron chi connectivity index (χ3n) is 3.51. The Morgan fingerprint density at radius 1 is 1.41 bits per heavy atom. The molecule has 2 saturated heterocycles. The van der Waals surface area contributed by atoms with Crippen molar-refractivity contribution < 1.29 is 13.2 Å². The summed E-state index contributed by atoms with van der Waals surface area (Å²) >= 11 is 0. The Morgan fingerprint density at radius 2 is 2.12 bits per heavy atom. The molecule has 2 aliphatic rings. The van der Waals surface area contributed by atoms with Gasteiger partial charge in [-0.3, -0.25) is 4.79 Å². The second kappa shape index (κ2) is 4.57. The highest BCUT2D eigenvalue weighted by Gasteiger charge is 2.45. The Labute approximate surface area is 102 Å². The summed E-state index contributed by atoms with van der Waals surface area (Å²) in [6.07, 6.45) is 0.926. The molecule has 2 unspecified atom stereocenters. The minimum atomic E-state index is -2.98. The molecule has 2 atom stereocenters. The molecule has 0 aromatic rings. The van der Waals surface area contributed by atoms with E-state index in [1.165, 1.54) is 0 Å². The van der Waals surface area contributed by atoms with E-state index in [0.29, 0.717) is 12.5 Å². The molecule has 6 heteroatoms. The summed E-state index contributed by atoms with van der Waals surface area (Å²) in [6.45, 7) is 5.16.